The molecule has 0 saturated heterocycles. The van der Waals surface area contributed by atoms with Crippen LogP contribution in [-0.4, -0.2) is 39.0 Å². The molecular formula is C13H22ClN5S. The maximum absolute atomic E-state index is 5.97. The zero-order valence-electron chi connectivity index (χ0n) is 12.0. The highest BCUT2D eigenvalue weighted by Gasteiger charge is 2.25. The van der Waals surface area contributed by atoms with Crippen LogP contribution >= 0.6 is 23.4 Å². The summed E-state index contributed by atoms with van der Waals surface area (Å²) in [6, 6.07) is 0.413. The van der Waals surface area contributed by atoms with Gasteiger partial charge in [-0.3, -0.25) is 0 Å². The molecule has 1 fully saturated rings. The summed E-state index contributed by atoms with van der Waals surface area (Å²) in [4.78, 5) is 12.7. The van der Waals surface area contributed by atoms with Crippen LogP contribution in [0.1, 0.15) is 39.0 Å². The average molecular weight is 316 g/mol. The molecule has 0 spiro atoms. The molecule has 0 radical (unpaired) electrons. The third-order valence-corrected chi connectivity index (χ3v) is 4.80. The van der Waals surface area contributed by atoms with E-state index in [0.717, 1.165) is 19.4 Å². The maximum Gasteiger partial charge on any atom is 0.229 e. The lowest BCUT2D eigenvalue weighted by molar-refractivity contribution is 0.473. The normalized spacial score (nSPS) is 22.6. The summed E-state index contributed by atoms with van der Waals surface area (Å²) >= 11 is 7.88. The van der Waals surface area contributed by atoms with Gasteiger partial charge in [0.05, 0.1) is 0 Å². The summed E-state index contributed by atoms with van der Waals surface area (Å²) in [7, 11) is 0. The summed E-state index contributed by atoms with van der Waals surface area (Å²) in [5.74, 6) is 1.13. The van der Waals surface area contributed by atoms with E-state index in [1.54, 1.807) is 0 Å². The topological polar surface area (TPSA) is 62.7 Å². The van der Waals surface area contributed by atoms with Crippen LogP contribution in [0, 0.1) is 0 Å². The molecule has 1 aromatic heterocycles. The lowest BCUT2D eigenvalue weighted by atomic mass is 9.95. The Bertz CT molecular complexity index is 431. The molecule has 2 rings (SSSR count). The van der Waals surface area contributed by atoms with E-state index in [1.807, 2.05) is 11.8 Å². The minimum absolute atomic E-state index is 0.234. The van der Waals surface area contributed by atoms with Crippen LogP contribution in [0.5, 0.6) is 0 Å². The summed E-state index contributed by atoms with van der Waals surface area (Å²) in [6.07, 6.45) is 8.16. The Labute approximate surface area is 129 Å². The molecule has 5 nitrogen and oxygen atoms in total. The molecule has 0 amide bonds. The van der Waals surface area contributed by atoms with Gasteiger partial charge in [0.1, 0.15) is 0 Å². The van der Waals surface area contributed by atoms with Crippen molar-refractivity contribution in [1.82, 2.24) is 15.0 Å². The molecule has 112 valence electrons. The first-order chi connectivity index (χ1) is 9.72. The van der Waals surface area contributed by atoms with Gasteiger partial charge in [-0.15, -0.1) is 0 Å². The predicted octanol–water partition coefficient (Wildman–Crippen LogP) is 3.43. The Morgan fingerprint density at radius 1 is 1.20 bits per heavy atom. The predicted molar refractivity (Wildman–Crippen MR) is 86.8 cm³/mol. The number of nitrogens with zero attached hydrogens (tertiary/aromatic N) is 3. The van der Waals surface area contributed by atoms with Crippen LogP contribution in [0.2, 0.25) is 5.28 Å². The van der Waals surface area contributed by atoms with Gasteiger partial charge in [0.25, 0.3) is 0 Å². The molecule has 1 aliphatic rings. The van der Waals surface area contributed by atoms with Crippen molar-refractivity contribution in [2.24, 2.45) is 0 Å². The molecule has 0 bridgehead atoms. The van der Waals surface area contributed by atoms with Gasteiger partial charge in [0.2, 0.25) is 17.2 Å². The summed E-state index contributed by atoms with van der Waals surface area (Å²) < 4.78 is 0. The van der Waals surface area contributed by atoms with E-state index in [2.05, 4.69) is 38.8 Å². The number of hydrogen-bond acceptors (Lipinski definition) is 6. The number of rotatable bonds is 6. The Hall–Kier alpha value is -0.750. The zero-order valence-corrected chi connectivity index (χ0v) is 13.6. The highest BCUT2D eigenvalue weighted by molar-refractivity contribution is 7.99. The van der Waals surface area contributed by atoms with E-state index in [0.29, 0.717) is 23.2 Å². The number of aromatic nitrogens is 3. The molecule has 2 atom stereocenters. The Balaban J connectivity index is 2.05. The van der Waals surface area contributed by atoms with Gasteiger partial charge in [-0.2, -0.15) is 26.7 Å². The average Bonchev–Trinajstić information content (AvgIpc) is 2.45. The maximum atomic E-state index is 5.97. The molecule has 2 N–H and O–H groups in total. The number of anilines is 2. The SMILES string of the molecule is CCCNc1nc(Cl)nc(NC2CCCCC2SC)n1. The van der Waals surface area contributed by atoms with Crippen molar-refractivity contribution in [3.8, 4) is 0 Å². The van der Waals surface area contributed by atoms with Crippen molar-refractivity contribution in [2.45, 2.75) is 50.3 Å². The first-order valence-corrected chi connectivity index (χ1v) is 8.84. The van der Waals surface area contributed by atoms with Crippen molar-refractivity contribution in [3.63, 3.8) is 0 Å². The number of nitrogens with one attached hydrogen (secondary N) is 2. The number of halogens is 1. The fourth-order valence-electron chi connectivity index (χ4n) is 2.44. The third-order valence-electron chi connectivity index (χ3n) is 3.46. The lowest BCUT2D eigenvalue weighted by Crippen LogP contribution is -2.35. The van der Waals surface area contributed by atoms with Gasteiger partial charge >= 0.3 is 0 Å². The molecule has 1 saturated carbocycles. The van der Waals surface area contributed by atoms with E-state index >= 15 is 0 Å². The number of thioether (sulfide) groups is 1. The number of hydrogen-bond donors (Lipinski definition) is 2. The quantitative estimate of drug-likeness (QED) is 0.838. The monoisotopic (exact) mass is 315 g/mol. The summed E-state index contributed by atoms with van der Waals surface area (Å²) in [5.41, 5.74) is 0. The molecule has 20 heavy (non-hydrogen) atoms. The van der Waals surface area contributed by atoms with E-state index in [1.165, 1.54) is 19.3 Å². The lowest BCUT2D eigenvalue weighted by Gasteiger charge is -2.30. The van der Waals surface area contributed by atoms with Crippen molar-refractivity contribution in [2.75, 3.05) is 23.4 Å². The molecule has 1 heterocycles. The molecule has 1 aliphatic carbocycles. The molecule has 1 aromatic rings. The highest BCUT2D eigenvalue weighted by Crippen LogP contribution is 2.29. The zero-order chi connectivity index (χ0) is 14.4. The Morgan fingerprint density at radius 3 is 2.70 bits per heavy atom. The van der Waals surface area contributed by atoms with Gasteiger partial charge in [0, 0.05) is 17.8 Å². The van der Waals surface area contributed by atoms with Gasteiger partial charge < -0.3 is 10.6 Å². The minimum atomic E-state index is 0.234. The van der Waals surface area contributed by atoms with Crippen LogP contribution in [0.15, 0.2) is 0 Å². The fourth-order valence-corrected chi connectivity index (χ4v) is 3.54. The van der Waals surface area contributed by atoms with Gasteiger partial charge in [-0.05, 0) is 37.1 Å². The second kappa shape index (κ2) is 7.88. The molecule has 2 unspecified atom stereocenters. The minimum Gasteiger partial charge on any atom is -0.354 e. The third kappa shape index (κ3) is 4.38. The smallest absolute Gasteiger partial charge is 0.229 e. The van der Waals surface area contributed by atoms with E-state index < -0.39 is 0 Å². The molecular weight excluding hydrogens is 294 g/mol. The van der Waals surface area contributed by atoms with Gasteiger partial charge in [0.15, 0.2) is 0 Å². The van der Waals surface area contributed by atoms with Gasteiger partial charge in [-0.1, -0.05) is 19.8 Å². The standard InChI is InChI=1S/C13H22ClN5S/c1-3-8-15-12-17-11(14)18-13(19-12)16-9-6-4-5-7-10(9)20-2/h9-10H,3-8H2,1-2H3,(H2,15,16,17,18,19). The van der Waals surface area contributed by atoms with Crippen LogP contribution in [0.4, 0.5) is 11.9 Å². The van der Waals surface area contributed by atoms with Crippen LogP contribution in [0.3, 0.4) is 0 Å². The summed E-state index contributed by atoms with van der Waals surface area (Å²) in [5, 5.41) is 7.43. The molecule has 7 heteroatoms. The van der Waals surface area contributed by atoms with Crippen LogP contribution in [-0.2, 0) is 0 Å². The van der Waals surface area contributed by atoms with E-state index in [-0.39, 0.29) is 5.28 Å². The fraction of sp³-hybridized carbons (Fsp3) is 0.769. The van der Waals surface area contributed by atoms with E-state index in [4.69, 9.17) is 11.6 Å². The van der Waals surface area contributed by atoms with E-state index in [9.17, 15) is 0 Å². The van der Waals surface area contributed by atoms with Crippen molar-refractivity contribution in [1.29, 1.82) is 0 Å². The molecule has 0 aliphatic heterocycles. The molecule has 0 aromatic carbocycles. The second-order valence-electron chi connectivity index (χ2n) is 4.99. The van der Waals surface area contributed by atoms with Crippen molar-refractivity contribution < 1.29 is 0 Å². The Kier molecular flexibility index (Phi) is 6.16. The van der Waals surface area contributed by atoms with Crippen LogP contribution in [0.25, 0.3) is 0 Å². The Morgan fingerprint density at radius 2 is 1.95 bits per heavy atom. The highest BCUT2D eigenvalue weighted by atomic mass is 35.5. The van der Waals surface area contributed by atoms with Crippen molar-refractivity contribution in [3.05, 3.63) is 5.28 Å². The van der Waals surface area contributed by atoms with Gasteiger partial charge in [-0.25, -0.2) is 0 Å². The first kappa shape index (κ1) is 15.6. The second-order valence-corrected chi connectivity index (χ2v) is 6.40. The van der Waals surface area contributed by atoms with Crippen LogP contribution < -0.4 is 10.6 Å². The largest absolute Gasteiger partial charge is 0.354 e. The summed E-state index contributed by atoms with van der Waals surface area (Å²) in [6.45, 7) is 2.93. The van der Waals surface area contributed by atoms with Crippen molar-refractivity contribution >= 4 is 35.3 Å². The first-order valence-electron chi connectivity index (χ1n) is 7.17.